The molecule has 144 valence electrons. The highest BCUT2D eigenvalue weighted by molar-refractivity contribution is 5.76. The molecular formula is C14H32N4O6. The van der Waals surface area contributed by atoms with Gasteiger partial charge in [0.05, 0.1) is 39.6 Å². The van der Waals surface area contributed by atoms with Crippen LogP contribution in [0.5, 0.6) is 0 Å². The van der Waals surface area contributed by atoms with Gasteiger partial charge < -0.3 is 29.6 Å². The van der Waals surface area contributed by atoms with E-state index in [1.54, 1.807) is 0 Å². The third kappa shape index (κ3) is 25.6. The molecule has 0 radical (unpaired) electrons. The fourth-order valence-corrected chi connectivity index (χ4v) is 1.15. The van der Waals surface area contributed by atoms with E-state index in [-0.39, 0.29) is 12.5 Å². The molecule has 10 nitrogen and oxygen atoms in total. The Morgan fingerprint density at radius 2 is 1.54 bits per heavy atom. The summed E-state index contributed by atoms with van der Waals surface area (Å²) in [5.41, 5.74) is 1.93. The van der Waals surface area contributed by atoms with E-state index in [2.05, 4.69) is 10.6 Å². The summed E-state index contributed by atoms with van der Waals surface area (Å²) in [6.45, 7) is 7.34. The maximum atomic E-state index is 10.5. The highest BCUT2D eigenvalue weighted by atomic mass is 16.5. The molecule has 0 aromatic heterocycles. The first-order chi connectivity index (χ1) is 11.7. The maximum Gasteiger partial charge on any atom is 0.259 e. The Labute approximate surface area is 143 Å². The number of nitrogens with one attached hydrogen (secondary N) is 3. The Bertz CT molecular complexity index is 264. The van der Waals surface area contributed by atoms with E-state index >= 15 is 0 Å². The van der Waals surface area contributed by atoms with Crippen LogP contribution in [-0.4, -0.2) is 85.3 Å². The van der Waals surface area contributed by atoms with Crippen LogP contribution in [0.1, 0.15) is 6.92 Å². The molecule has 0 heterocycles. The molecule has 0 spiro atoms. The van der Waals surface area contributed by atoms with Crippen molar-refractivity contribution >= 4 is 12.3 Å². The standard InChI is InChI=1S/C7H15N3O4.C7H17NO2/c8-10-7(12)5-14-4-3-13-2-1-9-6-11;1-3-9-6-7-10-5-4-8-2/h6H,1-5,8H2,(H,9,11)(H,10,12);8H,3-7H2,1-2H3. The van der Waals surface area contributed by atoms with E-state index in [4.69, 9.17) is 24.8 Å². The fraction of sp³-hybridized carbons (Fsp3) is 0.857. The first-order valence-corrected chi connectivity index (χ1v) is 7.84. The predicted octanol–water partition coefficient (Wildman–Crippen LogP) is -1.99. The minimum atomic E-state index is -0.382. The second-order valence-corrected chi connectivity index (χ2v) is 4.22. The van der Waals surface area contributed by atoms with Crippen molar-refractivity contribution < 1.29 is 28.5 Å². The normalized spacial score (nSPS) is 9.79. The predicted molar refractivity (Wildman–Crippen MR) is 89.3 cm³/mol. The van der Waals surface area contributed by atoms with Crippen LogP contribution in [0, 0.1) is 0 Å². The molecule has 2 amide bonds. The number of carbonyl (C=O) groups is 2. The molecule has 0 aliphatic rings. The van der Waals surface area contributed by atoms with Crippen LogP contribution in [-0.2, 0) is 28.5 Å². The van der Waals surface area contributed by atoms with Gasteiger partial charge in [0.25, 0.3) is 5.91 Å². The van der Waals surface area contributed by atoms with Gasteiger partial charge in [0, 0.05) is 19.7 Å². The highest BCUT2D eigenvalue weighted by Gasteiger charge is 1.96. The van der Waals surface area contributed by atoms with Gasteiger partial charge in [-0.1, -0.05) is 0 Å². The summed E-state index contributed by atoms with van der Waals surface area (Å²) in [7, 11) is 1.91. The summed E-state index contributed by atoms with van der Waals surface area (Å²) in [6, 6.07) is 0. The Hall–Kier alpha value is -1.30. The lowest BCUT2D eigenvalue weighted by molar-refractivity contribution is -0.126. The molecule has 0 rings (SSSR count). The quantitative estimate of drug-likeness (QED) is 0.0825. The van der Waals surface area contributed by atoms with E-state index in [1.807, 2.05) is 19.4 Å². The smallest absolute Gasteiger partial charge is 0.259 e. The number of likely N-dealkylation sites (N-methyl/N-ethyl adjacent to an activating group) is 1. The van der Waals surface area contributed by atoms with Crippen molar-refractivity contribution in [1.29, 1.82) is 0 Å². The third-order valence-electron chi connectivity index (χ3n) is 2.31. The molecule has 0 aromatic rings. The van der Waals surface area contributed by atoms with Gasteiger partial charge in [0.1, 0.15) is 6.61 Å². The highest BCUT2D eigenvalue weighted by Crippen LogP contribution is 1.78. The van der Waals surface area contributed by atoms with E-state index in [0.717, 1.165) is 19.8 Å². The molecule has 5 N–H and O–H groups in total. The van der Waals surface area contributed by atoms with Crippen molar-refractivity contribution in [3.63, 3.8) is 0 Å². The number of hydrogen-bond acceptors (Lipinski definition) is 8. The zero-order valence-electron chi connectivity index (χ0n) is 14.7. The number of carbonyl (C=O) groups excluding carboxylic acids is 2. The van der Waals surface area contributed by atoms with Crippen LogP contribution < -0.4 is 21.9 Å². The summed E-state index contributed by atoms with van der Waals surface area (Å²) in [6.07, 6.45) is 0.603. The summed E-state index contributed by atoms with van der Waals surface area (Å²) >= 11 is 0. The van der Waals surface area contributed by atoms with Gasteiger partial charge in [-0.25, -0.2) is 5.84 Å². The van der Waals surface area contributed by atoms with Gasteiger partial charge in [0.15, 0.2) is 0 Å². The molecule has 0 bridgehead atoms. The van der Waals surface area contributed by atoms with Crippen LogP contribution in [0.2, 0.25) is 0 Å². The van der Waals surface area contributed by atoms with Crippen molar-refractivity contribution in [2.24, 2.45) is 5.84 Å². The van der Waals surface area contributed by atoms with Crippen molar-refractivity contribution in [2.45, 2.75) is 6.92 Å². The number of ether oxygens (including phenoxy) is 4. The minimum absolute atomic E-state index is 0.0769. The zero-order chi connectivity index (χ0) is 18.3. The van der Waals surface area contributed by atoms with E-state index in [1.165, 1.54) is 0 Å². The topological polar surface area (TPSA) is 133 Å². The summed E-state index contributed by atoms with van der Waals surface area (Å²) in [4.78, 5) is 20.3. The number of amides is 2. The van der Waals surface area contributed by atoms with Crippen LogP contribution in [0.3, 0.4) is 0 Å². The lowest BCUT2D eigenvalue weighted by atomic mass is 10.6. The molecule has 0 saturated heterocycles. The average molecular weight is 352 g/mol. The first-order valence-electron chi connectivity index (χ1n) is 7.84. The van der Waals surface area contributed by atoms with Crippen LogP contribution >= 0.6 is 0 Å². The SMILES string of the molecule is CCOCCOCCNC.NNC(=O)COCCOCCNC=O. The minimum Gasteiger partial charge on any atom is -0.379 e. The lowest BCUT2D eigenvalue weighted by Gasteiger charge is -2.04. The van der Waals surface area contributed by atoms with Crippen LogP contribution in [0.25, 0.3) is 0 Å². The van der Waals surface area contributed by atoms with Gasteiger partial charge in [-0.3, -0.25) is 15.0 Å². The molecule has 10 heteroatoms. The van der Waals surface area contributed by atoms with Crippen molar-refractivity contribution in [2.75, 3.05) is 73.0 Å². The van der Waals surface area contributed by atoms with E-state index < -0.39 is 0 Å². The average Bonchev–Trinajstić information content (AvgIpc) is 2.60. The van der Waals surface area contributed by atoms with Crippen LogP contribution in [0.15, 0.2) is 0 Å². The Morgan fingerprint density at radius 1 is 0.958 bits per heavy atom. The summed E-state index contributed by atoms with van der Waals surface area (Å²) in [5.74, 6) is 4.43. The molecular weight excluding hydrogens is 320 g/mol. The van der Waals surface area contributed by atoms with E-state index in [9.17, 15) is 9.59 Å². The summed E-state index contributed by atoms with van der Waals surface area (Å²) in [5, 5.41) is 5.43. The van der Waals surface area contributed by atoms with Crippen LogP contribution in [0.4, 0.5) is 0 Å². The second-order valence-electron chi connectivity index (χ2n) is 4.22. The third-order valence-corrected chi connectivity index (χ3v) is 2.31. The van der Waals surface area contributed by atoms with Gasteiger partial charge in [-0.05, 0) is 14.0 Å². The number of rotatable bonds is 16. The van der Waals surface area contributed by atoms with Gasteiger partial charge in [-0.15, -0.1) is 0 Å². The second kappa shape index (κ2) is 24.0. The first kappa shape index (κ1) is 24.9. The van der Waals surface area contributed by atoms with Crippen molar-refractivity contribution in [1.82, 2.24) is 16.1 Å². The van der Waals surface area contributed by atoms with Gasteiger partial charge in [-0.2, -0.15) is 0 Å². The lowest BCUT2D eigenvalue weighted by Crippen LogP contribution is -2.33. The van der Waals surface area contributed by atoms with Gasteiger partial charge in [0.2, 0.25) is 6.41 Å². The van der Waals surface area contributed by atoms with Gasteiger partial charge >= 0.3 is 0 Å². The molecule has 0 saturated carbocycles. The molecule has 0 aliphatic carbocycles. The van der Waals surface area contributed by atoms with Crippen molar-refractivity contribution in [3.8, 4) is 0 Å². The Balaban J connectivity index is 0. The fourth-order valence-electron chi connectivity index (χ4n) is 1.15. The zero-order valence-corrected chi connectivity index (χ0v) is 14.7. The monoisotopic (exact) mass is 352 g/mol. The Morgan fingerprint density at radius 3 is 2.08 bits per heavy atom. The molecule has 0 unspecified atom stereocenters. The molecule has 0 atom stereocenters. The number of hydrogen-bond donors (Lipinski definition) is 4. The summed E-state index contributed by atoms with van der Waals surface area (Å²) < 4.78 is 20.2. The largest absolute Gasteiger partial charge is 0.379 e. The maximum absolute atomic E-state index is 10.5. The molecule has 24 heavy (non-hydrogen) atoms. The molecule has 0 aromatic carbocycles. The number of nitrogens with two attached hydrogens (primary N) is 1. The van der Waals surface area contributed by atoms with E-state index in [0.29, 0.717) is 46.0 Å². The molecule has 0 fully saturated rings. The number of hydrazine groups is 1. The van der Waals surface area contributed by atoms with Crippen molar-refractivity contribution in [3.05, 3.63) is 0 Å². The Kier molecular flexibility index (Phi) is 24.9. The molecule has 0 aliphatic heterocycles.